The van der Waals surface area contributed by atoms with Gasteiger partial charge in [-0.25, -0.2) is 0 Å². The maximum Gasteiger partial charge on any atom is 0.271 e. The highest BCUT2D eigenvalue weighted by Crippen LogP contribution is 2.34. The maximum absolute atomic E-state index is 13.9. The third-order valence-corrected chi connectivity index (χ3v) is 8.04. The molecule has 0 saturated heterocycles. The van der Waals surface area contributed by atoms with Gasteiger partial charge in [0.1, 0.15) is 11.2 Å². The van der Waals surface area contributed by atoms with Crippen LogP contribution in [0.3, 0.4) is 0 Å². The number of amides is 2. The second-order valence-corrected chi connectivity index (χ2v) is 10.3. The summed E-state index contributed by atoms with van der Waals surface area (Å²) in [5.41, 5.74) is 2.00. The Hall–Kier alpha value is -3.42. The van der Waals surface area contributed by atoms with Gasteiger partial charge >= 0.3 is 0 Å². The molecule has 8 nitrogen and oxygen atoms in total. The molecule has 36 heavy (non-hydrogen) atoms. The number of carbonyl (C=O) groups excluding carboxylic acids is 2. The van der Waals surface area contributed by atoms with Crippen LogP contribution in [0.1, 0.15) is 55.6 Å². The second kappa shape index (κ2) is 9.56. The number of hydrogen-bond donors (Lipinski definition) is 1. The zero-order valence-electron chi connectivity index (χ0n) is 21.5. The summed E-state index contributed by atoms with van der Waals surface area (Å²) >= 11 is 0. The second-order valence-electron chi connectivity index (χ2n) is 10.3. The zero-order chi connectivity index (χ0) is 25.4. The normalized spacial score (nSPS) is 24.0. The van der Waals surface area contributed by atoms with Gasteiger partial charge in [0.25, 0.3) is 5.91 Å². The molecule has 5 rings (SSSR count). The lowest BCUT2D eigenvalue weighted by Crippen LogP contribution is -2.65. The van der Waals surface area contributed by atoms with Gasteiger partial charge in [-0.15, -0.1) is 0 Å². The van der Waals surface area contributed by atoms with Crippen molar-refractivity contribution in [3.63, 3.8) is 0 Å². The van der Waals surface area contributed by atoms with Crippen molar-refractivity contribution in [1.29, 1.82) is 0 Å². The van der Waals surface area contributed by atoms with Gasteiger partial charge in [0, 0.05) is 24.7 Å². The van der Waals surface area contributed by atoms with E-state index in [-0.39, 0.29) is 17.9 Å². The fraction of sp³-hybridized carbons (Fsp3) is 0.500. The summed E-state index contributed by atoms with van der Waals surface area (Å²) < 4.78 is 18.3. The fourth-order valence-electron chi connectivity index (χ4n) is 5.75. The van der Waals surface area contributed by atoms with Gasteiger partial charge in [-0.3, -0.25) is 9.59 Å². The van der Waals surface area contributed by atoms with Gasteiger partial charge in [0.2, 0.25) is 5.91 Å². The fourth-order valence-corrected chi connectivity index (χ4v) is 5.75. The van der Waals surface area contributed by atoms with Gasteiger partial charge in [-0.1, -0.05) is 25.8 Å². The van der Waals surface area contributed by atoms with Crippen LogP contribution >= 0.6 is 0 Å². The Bertz CT molecular complexity index is 1280. The summed E-state index contributed by atoms with van der Waals surface area (Å²) in [5, 5.41) is 3.32. The standard InChI is InChI=1S/C28H35N3O5/c1-18-7-5-6-8-20(18)29-27(33)28(2)17-30-21-12-14-36-24(21)16-22(30)26(32)31(28)13-11-19-9-10-23(34-3)25(15-19)35-4/h9-10,12,14-16,18,20H,5-8,11,13,17H2,1-4H3,(H,29,33)/t18-,20-,28-/m1/s1. The topological polar surface area (TPSA) is 85.9 Å². The number of furan rings is 1. The van der Waals surface area contributed by atoms with Crippen molar-refractivity contribution < 1.29 is 23.5 Å². The smallest absolute Gasteiger partial charge is 0.271 e. The van der Waals surface area contributed by atoms with Crippen LogP contribution in [0.2, 0.25) is 0 Å². The summed E-state index contributed by atoms with van der Waals surface area (Å²) in [6.45, 7) is 4.85. The Morgan fingerprint density at radius 3 is 2.67 bits per heavy atom. The highest BCUT2D eigenvalue weighted by molar-refractivity contribution is 6.03. The molecule has 2 aliphatic rings. The number of hydrogen-bond acceptors (Lipinski definition) is 5. The number of carbonyl (C=O) groups is 2. The lowest BCUT2D eigenvalue weighted by Gasteiger charge is -2.45. The minimum Gasteiger partial charge on any atom is -0.493 e. The Labute approximate surface area is 211 Å². The minimum atomic E-state index is -1.04. The molecule has 1 N–H and O–H groups in total. The Balaban J connectivity index is 1.46. The molecule has 8 heteroatoms. The molecule has 2 aromatic heterocycles. The highest BCUT2D eigenvalue weighted by atomic mass is 16.5. The van der Waals surface area contributed by atoms with Gasteiger partial charge in [0.15, 0.2) is 17.1 Å². The molecule has 0 spiro atoms. The molecule has 3 atom stereocenters. The Kier molecular flexibility index (Phi) is 6.45. The molecule has 1 aliphatic carbocycles. The van der Waals surface area contributed by atoms with Crippen LogP contribution in [-0.4, -0.2) is 53.6 Å². The van der Waals surface area contributed by atoms with E-state index in [0.717, 1.165) is 30.3 Å². The number of benzene rings is 1. The highest BCUT2D eigenvalue weighted by Gasteiger charge is 2.48. The third-order valence-electron chi connectivity index (χ3n) is 8.04. The predicted molar refractivity (Wildman–Crippen MR) is 136 cm³/mol. The third kappa shape index (κ3) is 4.12. The minimum absolute atomic E-state index is 0.0992. The average molecular weight is 494 g/mol. The van der Waals surface area contributed by atoms with Gasteiger partial charge in [0.05, 0.1) is 32.5 Å². The average Bonchev–Trinajstić information content (AvgIpc) is 3.47. The molecular formula is C28H35N3O5. The molecule has 0 unspecified atom stereocenters. The van der Waals surface area contributed by atoms with Crippen LogP contribution in [0.5, 0.6) is 11.5 Å². The van der Waals surface area contributed by atoms with E-state index in [2.05, 4.69) is 12.2 Å². The first-order chi connectivity index (χ1) is 17.4. The molecule has 3 aromatic rings. The van der Waals surface area contributed by atoms with Crippen molar-refractivity contribution in [2.45, 2.75) is 64.1 Å². The first kappa shape index (κ1) is 24.3. The van der Waals surface area contributed by atoms with E-state index in [1.807, 2.05) is 35.8 Å². The van der Waals surface area contributed by atoms with Crippen LogP contribution in [-0.2, 0) is 17.8 Å². The lowest BCUT2D eigenvalue weighted by molar-refractivity contribution is -0.134. The number of methoxy groups -OCH3 is 2. The Morgan fingerprint density at radius 1 is 1.14 bits per heavy atom. The van der Waals surface area contributed by atoms with Gasteiger partial charge in [-0.05, 0) is 49.8 Å². The first-order valence-corrected chi connectivity index (χ1v) is 12.8. The van der Waals surface area contributed by atoms with E-state index in [4.69, 9.17) is 13.9 Å². The van der Waals surface area contributed by atoms with Gasteiger partial charge in [-0.2, -0.15) is 0 Å². The Morgan fingerprint density at radius 2 is 1.92 bits per heavy atom. The van der Waals surface area contributed by atoms with Crippen LogP contribution in [0.4, 0.5) is 0 Å². The predicted octanol–water partition coefficient (Wildman–Crippen LogP) is 4.40. The summed E-state index contributed by atoms with van der Waals surface area (Å²) in [6, 6.07) is 9.51. The molecule has 1 aliphatic heterocycles. The first-order valence-electron chi connectivity index (χ1n) is 12.8. The molecule has 192 valence electrons. The number of aromatic nitrogens is 1. The van der Waals surface area contributed by atoms with E-state index in [0.29, 0.717) is 48.2 Å². The zero-order valence-corrected chi connectivity index (χ0v) is 21.5. The largest absolute Gasteiger partial charge is 0.493 e. The molecule has 1 fully saturated rings. The van der Waals surface area contributed by atoms with Crippen LogP contribution < -0.4 is 14.8 Å². The summed E-state index contributed by atoms with van der Waals surface area (Å²) in [6.07, 6.45) is 6.60. The van der Waals surface area contributed by atoms with E-state index in [1.165, 1.54) is 6.42 Å². The quantitative estimate of drug-likeness (QED) is 0.527. The number of ether oxygens (including phenoxy) is 2. The molecule has 0 bridgehead atoms. The van der Waals surface area contributed by atoms with Crippen LogP contribution in [0.15, 0.2) is 41.0 Å². The number of nitrogens with one attached hydrogen (secondary N) is 1. The lowest BCUT2D eigenvalue weighted by atomic mass is 9.85. The monoisotopic (exact) mass is 493 g/mol. The maximum atomic E-state index is 13.9. The number of fused-ring (bicyclic) bond motifs is 3. The molecule has 2 amide bonds. The number of nitrogens with zero attached hydrogens (tertiary/aromatic N) is 2. The van der Waals surface area contributed by atoms with Crippen LogP contribution in [0.25, 0.3) is 11.1 Å². The van der Waals surface area contributed by atoms with Crippen molar-refractivity contribution in [3.8, 4) is 11.5 Å². The van der Waals surface area contributed by atoms with Crippen LogP contribution in [0, 0.1) is 5.92 Å². The molecule has 1 saturated carbocycles. The van der Waals surface area contributed by atoms with E-state index >= 15 is 0 Å². The van der Waals surface area contributed by atoms with E-state index in [9.17, 15) is 9.59 Å². The van der Waals surface area contributed by atoms with Crippen molar-refractivity contribution in [2.24, 2.45) is 5.92 Å². The van der Waals surface area contributed by atoms with E-state index < -0.39 is 5.54 Å². The van der Waals surface area contributed by atoms with E-state index in [1.54, 1.807) is 31.4 Å². The van der Waals surface area contributed by atoms with Crippen molar-refractivity contribution in [2.75, 3.05) is 20.8 Å². The SMILES string of the molecule is COc1ccc(CCN2C(=O)c3cc4occc4n3C[C@]2(C)C(=O)N[C@@H]2CCCC[C@H]2C)cc1OC. The van der Waals surface area contributed by atoms with Crippen molar-refractivity contribution in [3.05, 3.63) is 47.9 Å². The molecular weight excluding hydrogens is 458 g/mol. The molecule has 1 aromatic carbocycles. The number of rotatable bonds is 7. The summed E-state index contributed by atoms with van der Waals surface area (Å²) in [7, 11) is 3.21. The summed E-state index contributed by atoms with van der Waals surface area (Å²) in [4.78, 5) is 29.5. The van der Waals surface area contributed by atoms with Crippen molar-refractivity contribution in [1.82, 2.24) is 14.8 Å². The van der Waals surface area contributed by atoms with Crippen molar-refractivity contribution >= 4 is 22.9 Å². The van der Waals surface area contributed by atoms with Gasteiger partial charge < -0.3 is 28.7 Å². The molecule has 3 heterocycles. The summed E-state index contributed by atoms with van der Waals surface area (Å²) in [5.74, 6) is 1.46. The molecule has 0 radical (unpaired) electrons.